The van der Waals surface area contributed by atoms with Gasteiger partial charge >= 0.3 is 0 Å². The van der Waals surface area contributed by atoms with E-state index in [0.29, 0.717) is 24.9 Å². The zero-order valence-electron chi connectivity index (χ0n) is 11.2. The van der Waals surface area contributed by atoms with Crippen LogP contribution in [0, 0.1) is 18.7 Å². The molecule has 0 aliphatic carbocycles. The summed E-state index contributed by atoms with van der Waals surface area (Å²) in [5.41, 5.74) is 5.60. The lowest BCUT2D eigenvalue weighted by atomic mass is 9.99. The highest BCUT2D eigenvalue weighted by Gasteiger charge is 2.33. The Morgan fingerprint density at radius 2 is 2.15 bits per heavy atom. The summed E-state index contributed by atoms with van der Waals surface area (Å²) in [7, 11) is -3.72. The zero-order valence-corrected chi connectivity index (χ0v) is 12.0. The average molecular weight is 300 g/mol. The van der Waals surface area contributed by atoms with Gasteiger partial charge in [-0.15, -0.1) is 0 Å². The fourth-order valence-corrected chi connectivity index (χ4v) is 4.16. The number of rotatable bonds is 3. The molecule has 5 nitrogen and oxygen atoms in total. The van der Waals surface area contributed by atoms with E-state index < -0.39 is 27.7 Å². The molecule has 20 heavy (non-hydrogen) atoms. The molecule has 1 aromatic carbocycles. The predicted molar refractivity (Wildman–Crippen MR) is 71.8 cm³/mol. The summed E-state index contributed by atoms with van der Waals surface area (Å²) < 4.78 is 39.4. The van der Waals surface area contributed by atoms with Crippen LogP contribution in [0.2, 0.25) is 0 Å². The number of halogens is 1. The lowest BCUT2D eigenvalue weighted by Crippen LogP contribution is -2.44. The second-order valence-electron chi connectivity index (χ2n) is 5.01. The SMILES string of the molecule is Cc1cc(F)ccc1S(=O)(=O)N1CCCC(C(N)=O)C1. The molecule has 1 atom stereocenters. The van der Waals surface area contributed by atoms with Gasteiger partial charge in [0, 0.05) is 13.1 Å². The molecule has 1 amide bonds. The normalized spacial score (nSPS) is 20.8. The van der Waals surface area contributed by atoms with Gasteiger partial charge in [0.25, 0.3) is 0 Å². The number of nitrogens with zero attached hydrogens (tertiary/aromatic N) is 1. The summed E-state index contributed by atoms with van der Waals surface area (Å²) in [5, 5.41) is 0. The first-order chi connectivity index (χ1) is 9.32. The molecule has 1 fully saturated rings. The number of sulfonamides is 1. The Bertz CT molecular complexity index is 631. The number of aryl methyl sites for hydroxylation is 1. The average Bonchev–Trinajstić information content (AvgIpc) is 2.38. The van der Waals surface area contributed by atoms with Crippen molar-refractivity contribution in [1.29, 1.82) is 0 Å². The van der Waals surface area contributed by atoms with Gasteiger partial charge in [0.05, 0.1) is 10.8 Å². The van der Waals surface area contributed by atoms with Gasteiger partial charge in [0.15, 0.2) is 0 Å². The van der Waals surface area contributed by atoms with Crippen molar-refractivity contribution in [1.82, 2.24) is 4.31 Å². The number of piperidine rings is 1. The molecule has 1 heterocycles. The molecule has 2 N–H and O–H groups in total. The largest absolute Gasteiger partial charge is 0.369 e. The monoisotopic (exact) mass is 300 g/mol. The quantitative estimate of drug-likeness (QED) is 0.905. The molecule has 1 unspecified atom stereocenters. The van der Waals surface area contributed by atoms with Gasteiger partial charge in [-0.1, -0.05) is 0 Å². The van der Waals surface area contributed by atoms with Gasteiger partial charge in [-0.3, -0.25) is 4.79 Å². The van der Waals surface area contributed by atoms with Gasteiger partial charge in [-0.05, 0) is 43.5 Å². The van der Waals surface area contributed by atoms with Crippen molar-refractivity contribution < 1.29 is 17.6 Å². The molecule has 1 aliphatic heterocycles. The van der Waals surface area contributed by atoms with Crippen LogP contribution in [0.25, 0.3) is 0 Å². The number of carbonyl (C=O) groups excluding carboxylic acids is 1. The highest BCUT2D eigenvalue weighted by molar-refractivity contribution is 7.89. The molecule has 0 aromatic heterocycles. The molecular weight excluding hydrogens is 283 g/mol. The van der Waals surface area contributed by atoms with Gasteiger partial charge in [0.2, 0.25) is 15.9 Å². The predicted octanol–water partition coefficient (Wildman–Crippen LogP) is 1.02. The summed E-state index contributed by atoms with van der Waals surface area (Å²) in [6, 6.07) is 3.56. The highest BCUT2D eigenvalue weighted by atomic mass is 32.2. The first-order valence-electron chi connectivity index (χ1n) is 6.38. The molecule has 1 aliphatic rings. The Kier molecular flexibility index (Phi) is 4.10. The Morgan fingerprint density at radius 3 is 2.75 bits per heavy atom. The summed E-state index contributed by atoms with van der Waals surface area (Å²) in [6.45, 7) is 1.99. The molecule has 0 spiro atoms. The lowest BCUT2D eigenvalue weighted by molar-refractivity contribution is -0.122. The second-order valence-corrected chi connectivity index (χ2v) is 6.92. The molecular formula is C13H17FN2O3S. The Hall–Kier alpha value is -1.47. The van der Waals surface area contributed by atoms with Crippen molar-refractivity contribution >= 4 is 15.9 Å². The fourth-order valence-electron chi connectivity index (χ4n) is 2.43. The molecule has 7 heteroatoms. The molecule has 1 aromatic rings. The van der Waals surface area contributed by atoms with Crippen LogP contribution in [0.3, 0.4) is 0 Å². The third kappa shape index (κ3) is 2.83. The van der Waals surface area contributed by atoms with E-state index in [0.717, 1.165) is 6.07 Å². The number of carbonyl (C=O) groups is 1. The van der Waals surface area contributed by atoms with E-state index in [-0.39, 0.29) is 11.4 Å². The van der Waals surface area contributed by atoms with Crippen LogP contribution in [0.4, 0.5) is 4.39 Å². The van der Waals surface area contributed by atoms with Crippen molar-refractivity contribution in [2.75, 3.05) is 13.1 Å². The minimum absolute atomic E-state index is 0.0732. The van der Waals surface area contributed by atoms with E-state index in [1.807, 2.05) is 0 Å². The fraction of sp³-hybridized carbons (Fsp3) is 0.462. The maximum absolute atomic E-state index is 13.1. The number of primary amides is 1. The minimum Gasteiger partial charge on any atom is -0.369 e. The van der Waals surface area contributed by atoms with Gasteiger partial charge in [0.1, 0.15) is 5.82 Å². The van der Waals surface area contributed by atoms with Crippen molar-refractivity contribution in [2.24, 2.45) is 11.7 Å². The van der Waals surface area contributed by atoms with E-state index >= 15 is 0 Å². The molecule has 1 saturated heterocycles. The highest BCUT2D eigenvalue weighted by Crippen LogP contribution is 2.25. The van der Waals surface area contributed by atoms with Crippen molar-refractivity contribution in [2.45, 2.75) is 24.7 Å². The van der Waals surface area contributed by atoms with Gasteiger partial charge < -0.3 is 5.73 Å². The van der Waals surface area contributed by atoms with Crippen LogP contribution >= 0.6 is 0 Å². The summed E-state index contributed by atoms with van der Waals surface area (Å²) in [5.74, 6) is -1.42. The number of hydrogen-bond donors (Lipinski definition) is 1. The Morgan fingerprint density at radius 1 is 1.45 bits per heavy atom. The van der Waals surface area contributed by atoms with Crippen molar-refractivity contribution in [3.8, 4) is 0 Å². The van der Waals surface area contributed by atoms with Crippen LogP contribution in [-0.4, -0.2) is 31.7 Å². The number of hydrogen-bond acceptors (Lipinski definition) is 3. The standard InChI is InChI=1S/C13H17FN2O3S/c1-9-7-11(14)4-5-12(9)20(18,19)16-6-2-3-10(8-16)13(15)17/h4-5,7,10H,2-3,6,8H2,1H3,(H2,15,17). The maximum atomic E-state index is 13.1. The van der Waals surface area contributed by atoms with E-state index in [1.54, 1.807) is 6.92 Å². The molecule has 2 rings (SSSR count). The summed E-state index contributed by atoms with van der Waals surface area (Å²) in [4.78, 5) is 11.3. The van der Waals surface area contributed by atoms with E-state index in [1.165, 1.54) is 16.4 Å². The first-order valence-corrected chi connectivity index (χ1v) is 7.82. The number of amides is 1. The summed E-state index contributed by atoms with van der Waals surface area (Å²) in [6.07, 6.45) is 1.19. The van der Waals surface area contributed by atoms with Gasteiger partial charge in [-0.2, -0.15) is 4.31 Å². The Balaban J connectivity index is 2.32. The molecule has 0 bridgehead atoms. The number of benzene rings is 1. The van der Waals surface area contributed by atoms with Crippen LogP contribution in [0.15, 0.2) is 23.1 Å². The first kappa shape index (κ1) is 14.9. The molecule has 0 saturated carbocycles. The van der Waals surface area contributed by atoms with Crippen LogP contribution < -0.4 is 5.73 Å². The smallest absolute Gasteiger partial charge is 0.243 e. The minimum atomic E-state index is -3.72. The van der Waals surface area contributed by atoms with Gasteiger partial charge in [-0.25, -0.2) is 12.8 Å². The topological polar surface area (TPSA) is 80.5 Å². The van der Waals surface area contributed by atoms with Crippen LogP contribution in [0.1, 0.15) is 18.4 Å². The van der Waals surface area contributed by atoms with Crippen molar-refractivity contribution in [3.63, 3.8) is 0 Å². The van der Waals surface area contributed by atoms with E-state index in [9.17, 15) is 17.6 Å². The number of nitrogens with two attached hydrogens (primary N) is 1. The molecule has 110 valence electrons. The lowest BCUT2D eigenvalue weighted by Gasteiger charge is -2.30. The second kappa shape index (κ2) is 5.49. The van der Waals surface area contributed by atoms with Crippen molar-refractivity contribution in [3.05, 3.63) is 29.6 Å². The van der Waals surface area contributed by atoms with Crippen LogP contribution in [0.5, 0.6) is 0 Å². The molecule has 0 radical (unpaired) electrons. The third-order valence-electron chi connectivity index (χ3n) is 3.54. The summed E-state index contributed by atoms with van der Waals surface area (Å²) >= 11 is 0. The third-order valence-corrected chi connectivity index (χ3v) is 5.57. The van der Waals surface area contributed by atoms with E-state index in [2.05, 4.69) is 0 Å². The van der Waals surface area contributed by atoms with E-state index in [4.69, 9.17) is 5.73 Å². The zero-order chi connectivity index (χ0) is 14.9. The van der Waals surface area contributed by atoms with Crippen LogP contribution in [-0.2, 0) is 14.8 Å². The Labute approximate surface area is 117 Å². The maximum Gasteiger partial charge on any atom is 0.243 e.